The van der Waals surface area contributed by atoms with Crippen molar-refractivity contribution in [3.8, 4) is 11.1 Å². The second-order valence-corrected chi connectivity index (χ2v) is 6.13. The summed E-state index contributed by atoms with van der Waals surface area (Å²) in [6.45, 7) is 0. The van der Waals surface area contributed by atoms with Crippen molar-refractivity contribution in [3.63, 3.8) is 0 Å². The first-order valence-electron chi connectivity index (χ1n) is 5.33. The van der Waals surface area contributed by atoms with Gasteiger partial charge >= 0.3 is 0 Å². The standard InChI is InChI=1S/C13H9BrN2S2/c1-17-11-5-3-2-4-8(11)9-6-15-13(14)10-7-16-18-12(9)10/h2-7H,1H3. The number of hydrogen-bond donors (Lipinski definition) is 0. The molecule has 1 aromatic carbocycles. The predicted molar refractivity (Wildman–Crippen MR) is 82.3 cm³/mol. The molecule has 0 unspecified atom stereocenters. The Balaban J connectivity index is 2.32. The highest BCUT2D eigenvalue weighted by atomic mass is 79.9. The van der Waals surface area contributed by atoms with E-state index in [1.165, 1.54) is 26.7 Å². The molecule has 0 amide bonds. The molecule has 0 radical (unpaired) electrons. The minimum atomic E-state index is 0.858. The van der Waals surface area contributed by atoms with E-state index < -0.39 is 0 Å². The van der Waals surface area contributed by atoms with E-state index in [0.29, 0.717) is 0 Å². The maximum Gasteiger partial charge on any atom is 0.116 e. The third-order valence-electron chi connectivity index (χ3n) is 2.74. The number of hydrogen-bond acceptors (Lipinski definition) is 4. The lowest BCUT2D eigenvalue weighted by Gasteiger charge is -2.08. The highest BCUT2D eigenvalue weighted by molar-refractivity contribution is 9.10. The van der Waals surface area contributed by atoms with Crippen molar-refractivity contribution in [2.24, 2.45) is 0 Å². The molecule has 3 aromatic rings. The van der Waals surface area contributed by atoms with Crippen LogP contribution in [0.3, 0.4) is 0 Å². The Hall–Kier alpha value is -0.910. The molecule has 5 heteroatoms. The average Bonchev–Trinajstić information content (AvgIpc) is 2.89. The molecule has 2 nitrogen and oxygen atoms in total. The number of aromatic nitrogens is 2. The van der Waals surface area contributed by atoms with E-state index in [9.17, 15) is 0 Å². The highest BCUT2D eigenvalue weighted by Crippen LogP contribution is 2.37. The van der Waals surface area contributed by atoms with E-state index in [1.807, 2.05) is 12.4 Å². The SMILES string of the molecule is CSc1ccccc1-c1cnc(Br)c2cnsc12. The quantitative estimate of drug-likeness (QED) is 0.494. The monoisotopic (exact) mass is 336 g/mol. The Morgan fingerprint density at radius 2 is 2.00 bits per heavy atom. The molecule has 0 bridgehead atoms. The molecule has 3 rings (SSSR count). The molecule has 90 valence electrons. The zero-order valence-corrected chi connectivity index (χ0v) is 12.8. The fourth-order valence-corrected chi connectivity index (χ4v) is 3.81. The van der Waals surface area contributed by atoms with E-state index in [0.717, 1.165) is 15.6 Å². The number of rotatable bonds is 2. The lowest BCUT2D eigenvalue weighted by atomic mass is 10.1. The minimum absolute atomic E-state index is 0.858. The summed E-state index contributed by atoms with van der Waals surface area (Å²) in [7, 11) is 0. The van der Waals surface area contributed by atoms with Gasteiger partial charge in [0, 0.05) is 22.0 Å². The maximum absolute atomic E-state index is 4.41. The largest absolute Gasteiger partial charge is 0.248 e. The lowest BCUT2D eigenvalue weighted by molar-refractivity contribution is 1.31. The van der Waals surface area contributed by atoms with Crippen LogP contribution in [0, 0.1) is 0 Å². The molecule has 0 saturated heterocycles. The van der Waals surface area contributed by atoms with Crippen molar-refractivity contribution in [2.45, 2.75) is 4.90 Å². The van der Waals surface area contributed by atoms with Gasteiger partial charge in [0.05, 0.1) is 10.9 Å². The number of thioether (sulfide) groups is 1. The van der Waals surface area contributed by atoms with Crippen LogP contribution in [0.1, 0.15) is 0 Å². The van der Waals surface area contributed by atoms with Gasteiger partial charge in [0.2, 0.25) is 0 Å². The first-order chi connectivity index (χ1) is 8.81. The van der Waals surface area contributed by atoms with Crippen molar-refractivity contribution >= 4 is 49.3 Å². The van der Waals surface area contributed by atoms with Gasteiger partial charge in [-0.25, -0.2) is 4.98 Å². The topological polar surface area (TPSA) is 25.8 Å². The molecule has 18 heavy (non-hydrogen) atoms. The predicted octanol–water partition coefficient (Wildman–Crippen LogP) is 4.84. The Kier molecular flexibility index (Phi) is 3.37. The molecule has 0 fully saturated rings. The van der Waals surface area contributed by atoms with Gasteiger partial charge in [-0.3, -0.25) is 0 Å². The van der Waals surface area contributed by atoms with Crippen LogP contribution in [0.4, 0.5) is 0 Å². The fourth-order valence-electron chi connectivity index (χ4n) is 1.89. The molecule has 0 spiro atoms. The summed E-state index contributed by atoms with van der Waals surface area (Å²) >= 11 is 6.73. The number of pyridine rings is 1. The van der Waals surface area contributed by atoms with Crippen molar-refractivity contribution < 1.29 is 0 Å². The molecule has 0 saturated carbocycles. The smallest absolute Gasteiger partial charge is 0.116 e. The van der Waals surface area contributed by atoms with Crippen LogP contribution in [0.2, 0.25) is 0 Å². The molecule has 0 aliphatic rings. The second kappa shape index (κ2) is 4.99. The van der Waals surface area contributed by atoms with Crippen LogP contribution in [0.25, 0.3) is 21.2 Å². The number of benzene rings is 1. The number of halogens is 1. The summed E-state index contributed by atoms with van der Waals surface area (Å²) in [5.74, 6) is 0. The molecule has 0 aliphatic carbocycles. The number of fused-ring (bicyclic) bond motifs is 1. The minimum Gasteiger partial charge on any atom is -0.248 e. The van der Waals surface area contributed by atoms with E-state index in [-0.39, 0.29) is 0 Å². The lowest BCUT2D eigenvalue weighted by Crippen LogP contribution is -1.85. The zero-order valence-electron chi connectivity index (χ0n) is 9.55. The van der Waals surface area contributed by atoms with Crippen LogP contribution in [-0.4, -0.2) is 15.6 Å². The first-order valence-corrected chi connectivity index (χ1v) is 8.12. The molecule has 0 aliphatic heterocycles. The van der Waals surface area contributed by atoms with E-state index in [2.05, 4.69) is 55.8 Å². The van der Waals surface area contributed by atoms with Gasteiger partial charge in [-0.2, -0.15) is 4.37 Å². The maximum atomic E-state index is 4.41. The van der Waals surface area contributed by atoms with Gasteiger partial charge in [-0.05, 0) is 45.3 Å². The average molecular weight is 337 g/mol. The molecule has 2 heterocycles. The van der Waals surface area contributed by atoms with Crippen LogP contribution >= 0.6 is 39.2 Å². The van der Waals surface area contributed by atoms with Gasteiger partial charge < -0.3 is 0 Å². The summed E-state index contributed by atoms with van der Waals surface area (Å²) in [6.07, 6.45) is 5.87. The normalized spacial score (nSPS) is 11.0. The second-order valence-electron chi connectivity index (χ2n) is 3.73. The molecule has 0 atom stereocenters. The van der Waals surface area contributed by atoms with E-state index >= 15 is 0 Å². The van der Waals surface area contributed by atoms with Crippen molar-refractivity contribution in [1.29, 1.82) is 0 Å². The first kappa shape index (κ1) is 12.1. The number of nitrogens with zero attached hydrogens (tertiary/aromatic N) is 2. The Bertz CT molecular complexity index is 709. The summed E-state index contributed by atoms with van der Waals surface area (Å²) in [5, 5.41) is 1.08. The summed E-state index contributed by atoms with van der Waals surface area (Å²) in [4.78, 5) is 5.67. The van der Waals surface area contributed by atoms with Crippen molar-refractivity contribution in [3.05, 3.63) is 41.3 Å². The molecular weight excluding hydrogens is 328 g/mol. The van der Waals surface area contributed by atoms with Crippen LogP contribution in [0.5, 0.6) is 0 Å². The third kappa shape index (κ3) is 1.96. The summed E-state index contributed by atoms with van der Waals surface area (Å²) < 4.78 is 6.31. The molecular formula is C13H9BrN2S2. The highest BCUT2D eigenvalue weighted by Gasteiger charge is 2.12. The molecule has 2 aromatic heterocycles. The van der Waals surface area contributed by atoms with Crippen LogP contribution < -0.4 is 0 Å². The van der Waals surface area contributed by atoms with E-state index in [4.69, 9.17) is 0 Å². The Morgan fingerprint density at radius 3 is 2.83 bits per heavy atom. The van der Waals surface area contributed by atoms with Gasteiger partial charge in [0.15, 0.2) is 0 Å². The Morgan fingerprint density at radius 1 is 1.17 bits per heavy atom. The molecule has 0 N–H and O–H groups in total. The van der Waals surface area contributed by atoms with Gasteiger partial charge in [0.25, 0.3) is 0 Å². The van der Waals surface area contributed by atoms with Gasteiger partial charge in [-0.1, -0.05) is 18.2 Å². The van der Waals surface area contributed by atoms with E-state index in [1.54, 1.807) is 11.8 Å². The Labute approximate surface area is 122 Å². The van der Waals surface area contributed by atoms with Crippen LogP contribution in [0.15, 0.2) is 46.2 Å². The van der Waals surface area contributed by atoms with Gasteiger partial charge in [0.1, 0.15) is 4.60 Å². The van der Waals surface area contributed by atoms with Crippen molar-refractivity contribution in [1.82, 2.24) is 9.36 Å². The van der Waals surface area contributed by atoms with Crippen molar-refractivity contribution in [2.75, 3.05) is 6.26 Å². The third-order valence-corrected chi connectivity index (χ3v) is 5.00. The summed E-state index contributed by atoms with van der Waals surface area (Å²) in [5.41, 5.74) is 2.37. The summed E-state index contributed by atoms with van der Waals surface area (Å²) in [6, 6.07) is 8.39. The fraction of sp³-hybridized carbons (Fsp3) is 0.0769. The van der Waals surface area contributed by atoms with Crippen LogP contribution in [-0.2, 0) is 0 Å². The zero-order chi connectivity index (χ0) is 12.5. The van der Waals surface area contributed by atoms with Gasteiger partial charge in [-0.15, -0.1) is 11.8 Å².